The van der Waals surface area contributed by atoms with Gasteiger partial charge in [0.05, 0.1) is 17.8 Å². The van der Waals surface area contributed by atoms with E-state index in [4.69, 9.17) is 9.39 Å². The summed E-state index contributed by atoms with van der Waals surface area (Å²) in [5.74, 6) is -0.470. The summed E-state index contributed by atoms with van der Waals surface area (Å²) in [5, 5.41) is 10.2. The SMILES string of the molecule is CCOC(=O)/C=C/c1cc(=O)n(C)cc1BOC(C)(C)C(C)(C)O. The van der Waals surface area contributed by atoms with Crippen LogP contribution in [0.4, 0.5) is 0 Å². The number of rotatable bonds is 7. The standard InChI is InChI=1S/C17H26BNO5/c1-7-23-15(21)9-8-12-10-14(20)19(6)11-13(12)18-24-17(4,5)16(2,3)22/h8-11,18,22H,7H2,1-6H3/b9-8+. The summed E-state index contributed by atoms with van der Waals surface area (Å²) in [6.45, 7) is 8.95. The molecule has 0 aliphatic heterocycles. The van der Waals surface area contributed by atoms with E-state index in [9.17, 15) is 14.7 Å². The van der Waals surface area contributed by atoms with Crippen LogP contribution in [-0.4, -0.2) is 40.9 Å². The Morgan fingerprint density at radius 2 is 2.00 bits per heavy atom. The number of aryl methyl sites for hydroxylation is 1. The summed E-state index contributed by atoms with van der Waals surface area (Å²) in [6, 6.07) is 1.44. The van der Waals surface area contributed by atoms with Gasteiger partial charge in [0.25, 0.3) is 5.56 Å². The highest BCUT2D eigenvalue weighted by Gasteiger charge is 2.35. The molecular formula is C17H26BNO5. The van der Waals surface area contributed by atoms with Crippen LogP contribution in [0.1, 0.15) is 40.2 Å². The fourth-order valence-electron chi connectivity index (χ4n) is 1.76. The number of esters is 1. The van der Waals surface area contributed by atoms with Crippen molar-refractivity contribution in [1.29, 1.82) is 0 Å². The van der Waals surface area contributed by atoms with Gasteiger partial charge in [-0.2, -0.15) is 0 Å². The summed E-state index contributed by atoms with van der Waals surface area (Å²) in [4.78, 5) is 23.3. The molecule has 0 amide bonds. The highest BCUT2D eigenvalue weighted by molar-refractivity contribution is 6.48. The van der Waals surface area contributed by atoms with Crippen LogP contribution < -0.4 is 11.0 Å². The Balaban J connectivity index is 3.07. The van der Waals surface area contributed by atoms with Gasteiger partial charge in [-0.05, 0) is 51.7 Å². The number of hydrogen-bond acceptors (Lipinski definition) is 5. The largest absolute Gasteiger partial charge is 0.463 e. The Kier molecular flexibility index (Phi) is 6.57. The number of nitrogens with zero attached hydrogens (tertiary/aromatic N) is 1. The van der Waals surface area contributed by atoms with Gasteiger partial charge in [-0.15, -0.1) is 0 Å². The molecule has 1 heterocycles. The van der Waals surface area contributed by atoms with E-state index >= 15 is 0 Å². The van der Waals surface area contributed by atoms with E-state index in [0.717, 1.165) is 5.46 Å². The van der Waals surface area contributed by atoms with E-state index in [0.29, 0.717) is 5.56 Å². The van der Waals surface area contributed by atoms with E-state index in [-0.39, 0.29) is 19.6 Å². The van der Waals surface area contributed by atoms with Crippen molar-refractivity contribution in [3.05, 3.63) is 34.3 Å². The number of ether oxygens (including phenoxy) is 1. The molecule has 0 radical (unpaired) electrons. The van der Waals surface area contributed by atoms with Gasteiger partial charge in [-0.25, -0.2) is 4.79 Å². The normalized spacial score (nSPS) is 12.5. The number of aromatic nitrogens is 1. The van der Waals surface area contributed by atoms with Gasteiger partial charge < -0.3 is 19.1 Å². The third-order valence-corrected chi connectivity index (χ3v) is 4.09. The van der Waals surface area contributed by atoms with Crippen LogP contribution in [-0.2, 0) is 21.2 Å². The van der Waals surface area contributed by atoms with E-state index in [1.165, 1.54) is 22.8 Å². The third-order valence-electron chi connectivity index (χ3n) is 4.09. The van der Waals surface area contributed by atoms with Crippen molar-refractivity contribution in [3.63, 3.8) is 0 Å². The molecular weight excluding hydrogens is 309 g/mol. The summed E-state index contributed by atoms with van der Waals surface area (Å²) in [7, 11) is 1.83. The Hall–Kier alpha value is -1.86. The molecule has 7 heteroatoms. The Morgan fingerprint density at radius 1 is 1.38 bits per heavy atom. The Morgan fingerprint density at radius 3 is 2.54 bits per heavy atom. The van der Waals surface area contributed by atoms with Crippen LogP contribution in [0.15, 0.2) is 23.1 Å². The van der Waals surface area contributed by atoms with E-state index in [1.54, 1.807) is 47.9 Å². The lowest BCUT2D eigenvalue weighted by atomic mass is 9.81. The molecule has 1 aromatic heterocycles. The first-order valence-electron chi connectivity index (χ1n) is 7.88. The second-order valence-corrected chi connectivity index (χ2v) is 6.65. The molecule has 1 aromatic rings. The van der Waals surface area contributed by atoms with E-state index < -0.39 is 17.2 Å². The van der Waals surface area contributed by atoms with Gasteiger partial charge in [-0.3, -0.25) is 4.79 Å². The lowest BCUT2D eigenvalue weighted by Gasteiger charge is -2.37. The van der Waals surface area contributed by atoms with Gasteiger partial charge in [0.15, 0.2) is 0 Å². The number of carbonyl (C=O) groups is 1. The molecule has 0 aliphatic carbocycles. The minimum Gasteiger partial charge on any atom is -0.463 e. The highest BCUT2D eigenvalue weighted by atomic mass is 16.5. The van der Waals surface area contributed by atoms with Crippen LogP contribution in [0, 0.1) is 0 Å². The van der Waals surface area contributed by atoms with Crippen LogP contribution in [0.5, 0.6) is 0 Å². The van der Waals surface area contributed by atoms with Gasteiger partial charge >= 0.3 is 13.5 Å². The van der Waals surface area contributed by atoms with Crippen LogP contribution in [0.3, 0.4) is 0 Å². The first kappa shape index (κ1) is 20.2. The average Bonchev–Trinajstić information content (AvgIpc) is 2.45. The van der Waals surface area contributed by atoms with Gasteiger partial charge in [-0.1, -0.05) is 0 Å². The smallest absolute Gasteiger partial charge is 0.330 e. The summed E-state index contributed by atoms with van der Waals surface area (Å²) >= 11 is 0. The van der Waals surface area contributed by atoms with E-state index in [1.807, 2.05) is 0 Å². The zero-order valence-electron chi connectivity index (χ0n) is 15.3. The first-order chi connectivity index (χ1) is 11.0. The predicted octanol–water partition coefficient (Wildman–Crippen LogP) is 0.504. The Bertz CT molecular complexity index is 671. The monoisotopic (exact) mass is 335 g/mol. The molecule has 0 spiro atoms. The maximum atomic E-state index is 11.9. The van der Waals surface area contributed by atoms with Gasteiger partial charge in [0.1, 0.15) is 0 Å². The maximum Gasteiger partial charge on any atom is 0.330 e. The predicted molar refractivity (Wildman–Crippen MR) is 95.6 cm³/mol. The lowest BCUT2D eigenvalue weighted by Crippen LogP contribution is -2.49. The topological polar surface area (TPSA) is 77.8 Å². The van der Waals surface area contributed by atoms with Crippen molar-refractivity contribution in [1.82, 2.24) is 4.57 Å². The fourth-order valence-corrected chi connectivity index (χ4v) is 1.76. The highest BCUT2D eigenvalue weighted by Crippen LogP contribution is 2.24. The third kappa shape index (κ3) is 5.35. The molecule has 0 aliphatic rings. The molecule has 0 saturated heterocycles. The lowest BCUT2D eigenvalue weighted by molar-refractivity contribution is -0.137. The molecule has 1 N–H and O–H groups in total. The van der Waals surface area contributed by atoms with Gasteiger partial charge in [0.2, 0.25) is 0 Å². The van der Waals surface area contributed by atoms with Gasteiger partial charge in [0, 0.05) is 25.4 Å². The molecule has 132 valence electrons. The first-order valence-corrected chi connectivity index (χ1v) is 7.88. The summed E-state index contributed by atoms with van der Waals surface area (Å²) < 4.78 is 12.1. The van der Waals surface area contributed by atoms with Crippen molar-refractivity contribution >= 4 is 25.0 Å². The Labute approximate surface area is 143 Å². The quantitative estimate of drug-likeness (QED) is 0.446. The molecule has 0 aromatic carbocycles. The molecule has 0 fully saturated rings. The average molecular weight is 335 g/mol. The van der Waals surface area contributed by atoms with Crippen molar-refractivity contribution in [2.24, 2.45) is 7.05 Å². The van der Waals surface area contributed by atoms with Crippen LogP contribution in [0.25, 0.3) is 6.08 Å². The molecule has 0 bridgehead atoms. The molecule has 1 rings (SSSR count). The number of pyridine rings is 1. The second kappa shape index (κ2) is 7.81. The maximum absolute atomic E-state index is 11.9. The molecule has 0 unspecified atom stereocenters. The fraction of sp³-hybridized carbons (Fsp3) is 0.529. The molecule has 24 heavy (non-hydrogen) atoms. The van der Waals surface area contributed by atoms with Crippen molar-refractivity contribution in [2.75, 3.05) is 6.61 Å². The number of hydrogen-bond donors (Lipinski definition) is 1. The van der Waals surface area contributed by atoms with E-state index in [2.05, 4.69) is 0 Å². The van der Waals surface area contributed by atoms with Crippen LogP contribution in [0.2, 0.25) is 0 Å². The van der Waals surface area contributed by atoms with Crippen LogP contribution >= 0.6 is 0 Å². The molecule has 0 atom stereocenters. The number of aliphatic hydroxyl groups is 1. The van der Waals surface area contributed by atoms with Crippen molar-refractivity contribution in [3.8, 4) is 0 Å². The minimum absolute atomic E-state index is 0.188. The summed E-state index contributed by atoms with van der Waals surface area (Å²) in [5.41, 5.74) is -0.699. The second-order valence-electron chi connectivity index (χ2n) is 6.65. The van der Waals surface area contributed by atoms with Crippen molar-refractivity contribution < 1.29 is 19.3 Å². The van der Waals surface area contributed by atoms with Crippen molar-refractivity contribution in [2.45, 2.75) is 45.8 Å². The number of carbonyl (C=O) groups excluding carboxylic acids is 1. The summed E-state index contributed by atoms with van der Waals surface area (Å²) in [6.07, 6.45) is 4.48. The zero-order chi connectivity index (χ0) is 18.5. The minimum atomic E-state index is -1.03. The zero-order valence-corrected chi connectivity index (χ0v) is 15.3. The molecule has 0 saturated carbocycles. The molecule has 6 nitrogen and oxygen atoms in total.